The zero-order valence-electron chi connectivity index (χ0n) is 15.4. The number of benzene rings is 1. The Bertz CT molecular complexity index is 1000. The molecule has 0 amide bonds. The molecule has 9 heteroatoms. The van der Waals surface area contributed by atoms with Crippen LogP contribution in [0, 0.1) is 6.92 Å². The fourth-order valence-corrected chi connectivity index (χ4v) is 7.56. The monoisotopic (exact) mass is 428 g/mol. The van der Waals surface area contributed by atoms with Crippen molar-refractivity contribution in [2.24, 2.45) is 0 Å². The predicted molar refractivity (Wildman–Crippen MR) is 107 cm³/mol. The topological polar surface area (TPSA) is 93.2 Å². The number of hydrogen-bond donors (Lipinski definition) is 1. The highest BCUT2D eigenvalue weighted by molar-refractivity contribution is 7.94. The first-order valence-electron chi connectivity index (χ1n) is 9.06. The van der Waals surface area contributed by atoms with E-state index in [1.54, 1.807) is 19.1 Å². The van der Waals surface area contributed by atoms with Crippen molar-refractivity contribution >= 4 is 36.0 Å². The molecule has 1 saturated carbocycles. The molecule has 0 aliphatic heterocycles. The van der Waals surface area contributed by atoms with E-state index in [2.05, 4.69) is 10.3 Å². The molecule has 6 nitrogen and oxygen atoms in total. The third-order valence-electron chi connectivity index (χ3n) is 4.59. The van der Waals surface area contributed by atoms with Gasteiger partial charge in [-0.05, 0) is 38.3 Å². The zero-order valence-corrected chi connectivity index (χ0v) is 17.9. The predicted octanol–water partition coefficient (Wildman–Crippen LogP) is 3.82. The molecule has 0 radical (unpaired) electrons. The molecule has 0 bridgehead atoms. The third kappa shape index (κ3) is 4.35. The number of aryl methyl sites for hydroxylation is 1. The number of anilines is 1. The summed E-state index contributed by atoms with van der Waals surface area (Å²) in [6, 6.07) is 6.66. The summed E-state index contributed by atoms with van der Waals surface area (Å²) in [5, 5.41) is 3.39. The molecule has 2 aromatic rings. The second-order valence-electron chi connectivity index (χ2n) is 6.88. The lowest BCUT2D eigenvalue weighted by Crippen LogP contribution is -2.16. The number of hydrogen-bond acceptors (Lipinski definition) is 7. The number of rotatable bonds is 7. The van der Waals surface area contributed by atoms with E-state index in [1.807, 2.05) is 6.92 Å². The van der Waals surface area contributed by atoms with Crippen molar-refractivity contribution in [3.8, 4) is 0 Å². The number of nitrogens with one attached hydrogen (secondary N) is 1. The number of thiazole rings is 1. The van der Waals surface area contributed by atoms with Crippen molar-refractivity contribution in [2.45, 2.75) is 66.3 Å². The Hall–Kier alpha value is -1.45. The van der Waals surface area contributed by atoms with Crippen LogP contribution in [0.5, 0.6) is 0 Å². The average Bonchev–Trinajstić information content (AvgIpc) is 3.26. The van der Waals surface area contributed by atoms with Gasteiger partial charge < -0.3 is 5.32 Å². The zero-order chi connectivity index (χ0) is 19.7. The standard InChI is InChI=1S/C18H24N2O4S3/c1-3-12-26(21,22)18-20-17(16(25-18)19-14-6-4-5-7-14)27(23,24)15-10-8-13(2)9-11-15/h8-11,14,19H,3-7,12H2,1-2H3. The molecule has 1 heterocycles. The third-order valence-corrected chi connectivity index (χ3v) is 9.78. The minimum Gasteiger partial charge on any atom is -0.372 e. The molecule has 148 valence electrons. The van der Waals surface area contributed by atoms with Crippen LogP contribution in [0.4, 0.5) is 5.00 Å². The van der Waals surface area contributed by atoms with E-state index in [0.29, 0.717) is 11.4 Å². The maximum atomic E-state index is 13.1. The average molecular weight is 429 g/mol. The van der Waals surface area contributed by atoms with Gasteiger partial charge in [-0.25, -0.2) is 21.8 Å². The highest BCUT2D eigenvalue weighted by Gasteiger charge is 2.31. The van der Waals surface area contributed by atoms with Crippen molar-refractivity contribution in [3.05, 3.63) is 29.8 Å². The first-order chi connectivity index (χ1) is 12.7. The molecule has 1 N–H and O–H groups in total. The van der Waals surface area contributed by atoms with Gasteiger partial charge in [-0.3, -0.25) is 0 Å². The second kappa shape index (κ2) is 7.89. The molecule has 0 atom stereocenters. The molecule has 1 aromatic carbocycles. The minimum absolute atomic E-state index is 0.0482. The van der Waals surface area contributed by atoms with Crippen molar-refractivity contribution in [2.75, 3.05) is 11.1 Å². The molecule has 1 aromatic heterocycles. The lowest BCUT2D eigenvalue weighted by Gasteiger charge is -2.12. The molecule has 1 aliphatic rings. The van der Waals surface area contributed by atoms with Crippen molar-refractivity contribution in [1.29, 1.82) is 0 Å². The van der Waals surface area contributed by atoms with Crippen LogP contribution in [0.1, 0.15) is 44.6 Å². The highest BCUT2D eigenvalue weighted by atomic mass is 32.2. The first kappa shape index (κ1) is 20.3. The maximum absolute atomic E-state index is 13.1. The number of aromatic nitrogens is 1. The minimum atomic E-state index is -3.91. The molecule has 0 unspecified atom stereocenters. The van der Waals surface area contributed by atoms with Gasteiger partial charge in [-0.2, -0.15) is 0 Å². The van der Waals surface area contributed by atoms with Gasteiger partial charge in [0.25, 0.3) is 0 Å². The summed E-state index contributed by atoms with van der Waals surface area (Å²) in [6.07, 6.45) is 4.50. The normalized spacial score (nSPS) is 15.9. The van der Waals surface area contributed by atoms with Gasteiger partial charge in [-0.1, -0.05) is 48.8 Å². The number of nitrogens with zero attached hydrogens (tertiary/aromatic N) is 1. The molecular weight excluding hydrogens is 404 g/mol. The van der Waals surface area contributed by atoms with E-state index in [4.69, 9.17) is 0 Å². The van der Waals surface area contributed by atoms with Gasteiger partial charge in [0.1, 0.15) is 5.00 Å². The fraction of sp³-hybridized carbons (Fsp3) is 0.500. The quantitative estimate of drug-likeness (QED) is 0.720. The van der Waals surface area contributed by atoms with Crippen LogP contribution in [0.3, 0.4) is 0 Å². The van der Waals surface area contributed by atoms with E-state index in [1.165, 1.54) is 12.1 Å². The van der Waals surface area contributed by atoms with Gasteiger partial charge in [0, 0.05) is 6.04 Å². The summed E-state index contributed by atoms with van der Waals surface area (Å²) >= 11 is 0.929. The van der Waals surface area contributed by atoms with Crippen LogP contribution >= 0.6 is 11.3 Å². The lowest BCUT2D eigenvalue weighted by molar-refractivity contribution is 0.588. The van der Waals surface area contributed by atoms with Crippen LogP contribution < -0.4 is 5.32 Å². The second-order valence-corrected chi connectivity index (χ2v) is 12.0. The molecule has 27 heavy (non-hydrogen) atoms. The SMILES string of the molecule is CCCS(=O)(=O)c1nc(S(=O)(=O)c2ccc(C)cc2)c(NC2CCCC2)s1. The first-order valence-corrected chi connectivity index (χ1v) is 13.0. The van der Waals surface area contributed by atoms with E-state index >= 15 is 0 Å². The molecule has 1 aliphatic carbocycles. The van der Waals surface area contributed by atoms with Gasteiger partial charge in [0.05, 0.1) is 10.6 Å². The molecule has 1 fully saturated rings. The Labute approximate surface area is 164 Å². The summed E-state index contributed by atoms with van der Waals surface area (Å²) in [5.41, 5.74) is 0.947. The van der Waals surface area contributed by atoms with Crippen LogP contribution in [0.25, 0.3) is 0 Å². The Morgan fingerprint density at radius 2 is 1.74 bits per heavy atom. The Morgan fingerprint density at radius 1 is 1.11 bits per heavy atom. The van der Waals surface area contributed by atoms with Crippen LogP contribution in [0.15, 0.2) is 38.5 Å². The van der Waals surface area contributed by atoms with Gasteiger partial charge in [0.2, 0.25) is 24.0 Å². The fourth-order valence-electron chi connectivity index (χ4n) is 3.13. The Balaban J connectivity index is 2.08. The van der Waals surface area contributed by atoms with E-state index in [9.17, 15) is 16.8 Å². The molecule has 0 spiro atoms. The highest BCUT2D eigenvalue weighted by Crippen LogP contribution is 2.37. The van der Waals surface area contributed by atoms with Gasteiger partial charge >= 0.3 is 0 Å². The van der Waals surface area contributed by atoms with Crippen LogP contribution in [0.2, 0.25) is 0 Å². The van der Waals surface area contributed by atoms with Gasteiger partial charge in [0.15, 0.2) is 5.03 Å². The summed E-state index contributed by atoms with van der Waals surface area (Å²) in [5.74, 6) is -0.0482. The van der Waals surface area contributed by atoms with Crippen molar-refractivity contribution < 1.29 is 16.8 Å². The van der Waals surface area contributed by atoms with E-state index in [-0.39, 0.29) is 26.1 Å². The van der Waals surface area contributed by atoms with Crippen LogP contribution in [-0.2, 0) is 19.7 Å². The molecule has 3 rings (SSSR count). The lowest BCUT2D eigenvalue weighted by atomic mass is 10.2. The number of sulfone groups is 2. The van der Waals surface area contributed by atoms with E-state index in [0.717, 1.165) is 42.6 Å². The van der Waals surface area contributed by atoms with Crippen molar-refractivity contribution in [1.82, 2.24) is 4.98 Å². The summed E-state index contributed by atoms with van der Waals surface area (Å²) < 4.78 is 51.1. The summed E-state index contributed by atoms with van der Waals surface area (Å²) in [4.78, 5) is 4.21. The smallest absolute Gasteiger partial charge is 0.226 e. The Morgan fingerprint density at radius 3 is 2.33 bits per heavy atom. The largest absolute Gasteiger partial charge is 0.372 e. The maximum Gasteiger partial charge on any atom is 0.226 e. The van der Waals surface area contributed by atoms with Gasteiger partial charge in [-0.15, -0.1) is 0 Å². The van der Waals surface area contributed by atoms with Crippen molar-refractivity contribution in [3.63, 3.8) is 0 Å². The van der Waals surface area contributed by atoms with Crippen LogP contribution in [-0.4, -0.2) is 33.6 Å². The summed E-state index contributed by atoms with van der Waals surface area (Å²) in [7, 11) is -7.50. The molecular formula is C18H24N2O4S3. The van der Waals surface area contributed by atoms with E-state index < -0.39 is 19.7 Å². The summed E-state index contributed by atoms with van der Waals surface area (Å²) in [6.45, 7) is 3.65. The Kier molecular flexibility index (Phi) is 5.93. The molecule has 0 saturated heterocycles.